The number of hydrogen-bond donors (Lipinski definition) is 0. The van der Waals surface area contributed by atoms with Crippen molar-refractivity contribution in [3.05, 3.63) is 0 Å². The molecule has 17 heavy (non-hydrogen) atoms. The van der Waals surface area contributed by atoms with Gasteiger partial charge in [0, 0.05) is 5.92 Å². The Hall–Kier alpha value is 1.58. The molecule has 88 valence electrons. The van der Waals surface area contributed by atoms with Crippen LogP contribution in [0.15, 0.2) is 0 Å². The van der Waals surface area contributed by atoms with E-state index in [0.717, 1.165) is 25.7 Å². The molecule has 0 radical (unpaired) electrons. The van der Waals surface area contributed by atoms with E-state index in [9.17, 15) is 19.8 Å². The number of carbonyl (C=O) groups is 2. The average molecular weight is 276 g/mol. The minimum absolute atomic E-state index is 0. The Morgan fingerprint density at radius 3 is 1.76 bits per heavy atom. The summed E-state index contributed by atoms with van der Waals surface area (Å²) in [4.78, 5) is 20.8. The van der Waals surface area contributed by atoms with E-state index in [4.69, 9.17) is 0 Å². The SMILES string of the molecule is CCCCCCCCC(C(=O)[O-])C(=O)[O-].[K+].[Na+]. The average Bonchev–Trinajstić information content (AvgIpc) is 2.15. The van der Waals surface area contributed by atoms with Crippen molar-refractivity contribution in [1.29, 1.82) is 0 Å². The van der Waals surface area contributed by atoms with Gasteiger partial charge in [0.05, 0.1) is 11.9 Å². The third-order valence-electron chi connectivity index (χ3n) is 2.42. The molecule has 0 spiro atoms. The molecule has 0 aliphatic rings. The number of carbonyl (C=O) groups excluding carboxylic acids is 2. The summed E-state index contributed by atoms with van der Waals surface area (Å²) in [6.45, 7) is 2.11. The van der Waals surface area contributed by atoms with Crippen LogP contribution in [0.1, 0.15) is 51.9 Å². The fraction of sp³-hybridized carbons (Fsp3) is 0.818. The largest absolute Gasteiger partial charge is 1.00 e. The van der Waals surface area contributed by atoms with E-state index in [1.807, 2.05) is 0 Å². The molecule has 4 nitrogen and oxygen atoms in total. The fourth-order valence-corrected chi connectivity index (χ4v) is 1.46. The van der Waals surface area contributed by atoms with Crippen LogP contribution < -0.4 is 91.2 Å². The topological polar surface area (TPSA) is 80.3 Å². The van der Waals surface area contributed by atoms with Gasteiger partial charge >= 0.3 is 80.9 Å². The van der Waals surface area contributed by atoms with Crippen LogP contribution in [-0.4, -0.2) is 11.9 Å². The molecular weight excluding hydrogens is 258 g/mol. The predicted octanol–water partition coefficient (Wildman–Crippen LogP) is -6.14. The number of aliphatic carboxylic acids is 2. The molecule has 0 fully saturated rings. The summed E-state index contributed by atoms with van der Waals surface area (Å²) in [5.41, 5.74) is 0. The zero-order chi connectivity index (χ0) is 11.7. The standard InChI is InChI=1S/C11H20O4.K.Na/c1-2-3-4-5-6-7-8-9(10(12)13)11(14)15;;/h9H,2-8H2,1H3,(H,12,13)(H,14,15);;/q;2*+1/p-2. The van der Waals surface area contributed by atoms with Crippen LogP contribution in [0.2, 0.25) is 0 Å². The maximum absolute atomic E-state index is 10.4. The first kappa shape index (κ1) is 23.7. The Kier molecular flexibility index (Phi) is 21.8. The molecule has 6 heteroatoms. The zero-order valence-electron chi connectivity index (χ0n) is 11.2. The van der Waals surface area contributed by atoms with E-state index in [1.165, 1.54) is 6.42 Å². The third-order valence-corrected chi connectivity index (χ3v) is 2.42. The second kappa shape index (κ2) is 15.6. The van der Waals surface area contributed by atoms with Crippen LogP contribution in [0.3, 0.4) is 0 Å². The first-order chi connectivity index (χ1) is 7.09. The quantitative estimate of drug-likeness (QED) is 0.238. The van der Waals surface area contributed by atoms with Crippen LogP contribution >= 0.6 is 0 Å². The first-order valence-electron chi connectivity index (χ1n) is 5.51. The molecule has 0 aromatic heterocycles. The van der Waals surface area contributed by atoms with Crippen LogP contribution in [0, 0.1) is 5.92 Å². The van der Waals surface area contributed by atoms with Crippen LogP contribution in [0.4, 0.5) is 0 Å². The third kappa shape index (κ3) is 13.8. The molecule has 0 saturated heterocycles. The second-order valence-corrected chi connectivity index (χ2v) is 3.75. The van der Waals surface area contributed by atoms with Crippen LogP contribution in [0.5, 0.6) is 0 Å². The predicted molar refractivity (Wildman–Crippen MR) is 51.5 cm³/mol. The van der Waals surface area contributed by atoms with E-state index in [-0.39, 0.29) is 87.4 Å². The number of carboxylic acid groups (broad SMARTS) is 2. The minimum atomic E-state index is -1.54. The molecule has 0 N–H and O–H groups in total. The van der Waals surface area contributed by atoms with Crippen molar-refractivity contribution in [3.63, 3.8) is 0 Å². The van der Waals surface area contributed by atoms with Crippen LogP contribution in [-0.2, 0) is 9.59 Å². The van der Waals surface area contributed by atoms with Crippen molar-refractivity contribution in [1.82, 2.24) is 0 Å². The Morgan fingerprint density at radius 2 is 1.35 bits per heavy atom. The molecule has 0 aliphatic carbocycles. The van der Waals surface area contributed by atoms with Gasteiger partial charge in [-0.1, -0.05) is 45.4 Å². The summed E-state index contributed by atoms with van der Waals surface area (Å²) in [5, 5.41) is 20.8. The van der Waals surface area contributed by atoms with Crippen molar-refractivity contribution in [2.75, 3.05) is 0 Å². The van der Waals surface area contributed by atoms with Gasteiger partial charge in [0.1, 0.15) is 0 Å². The van der Waals surface area contributed by atoms with Crippen molar-refractivity contribution in [2.45, 2.75) is 51.9 Å². The smallest absolute Gasteiger partial charge is 0.549 e. The molecule has 0 heterocycles. The van der Waals surface area contributed by atoms with E-state index in [2.05, 4.69) is 6.92 Å². The molecular formula is C11H18KNaO4. The van der Waals surface area contributed by atoms with Gasteiger partial charge in [-0.3, -0.25) is 0 Å². The molecule has 0 aromatic rings. The number of carboxylic acids is 2. The maximum Gasteiger partial charge on any atom is 1.00 e. The van der Waals surface area contributed by atoms with Gasteiger partial charge < -0.3 is 19.8 Å². The summed E-state index contributed by atoms with van der Waals surface area (Å²) >= 11 is 0. The zero-order valence-corrected chi connectivity index (χ0v) is 16.3. The van der Waals surface area contributed by atoms with Crippen molar-refractivity contribution >= 4 is 11.9 Å². The first-order valence-corrected chi connectivity index (χ1v) is 5.51. The summed E-state index contributed by atoms with van der Waals surface area (Å²) in [7, 11) is 0. The van der Waals surface area contributed by atoms with Gasteiger partial charge in [-0.05, 0) is 6.42 Å². The molecule has 0 unspecified atom stereocenters. The minimum Gasteiger partial charge on any atom is -0.549 e. The van der Waals surface area contributed by atoms with E-state index in [0.29, 0.717) is 6.42 Å². The fourth-order valence-electron chi connectivity index (χ4n) is 1.46. The molecule has 0 amide bonds. The summed E-state index contributed by atoms with van der Waals surface area (Å²) in [6.07, 6.45) is 6.08. The number of unbranched alkanes of at least 4 members (excludes halogenated alkanes) is 5. The second-order valence-electron chi connectivity index (χ2n) is 3.75. The molecule has 0 rings (SSSR count). The van der Waals surface area contributed by atoms with Crippen molar-refractivity contribution in [3.8, 4) is 0 Å². The van der Waals surface area contributed by atoms with Crippen molar-refractivity contribution in [2.24, 2.45) is 5.92 Å². The monoisotopic (exact) mass is 276 g/mol. The van der Waals surface area contributed by atoms with Gasteiger partial charge in [-0.2, -0.15) is 0 Å². The van der Waals surface area contributed by atoms with Gasteiger partial charge in [0.15, 0.2) is 0 Å². The van der Waals surface area contributed by atoms with E-state index < -0.39 is 17.9 Å². The Labute approximate surface area is 168 Å². The number of rotatable bonds is 9. The summed E-state index contributed by atoms with van der Waals surface area (Å²) in [5.74, 6) is -4.52. The molecule has 0 bridgehead atoms. The van der Waals surface area contributed by atoms with Gasteiger partial charge in [0.2, 0.25) is 0 Å². The van der Waals surface area contributed by atoms with Gasteiger partial charge in [0.25, 0.3) is 0 Å². The maximum atomic E-state index is 10.4. The van der Waals surface area contributed by atoms with E-state index in [1.54, 1.807) is 0 Å². The Balaban J connectivity index is -0.000000980. The Morgan fingerprint density at radius 1 is 0.941 bits per heavy atom. The molecule has 0 saturated carbocycles. The van der Waals surface area contributed by atoms with E-state index >= 15 is 0 Å². The van der Waals surface area contributed by atoms with Crippen LogP contribution in [0.25, 0.3) is 0 Å². The molecule has 0 atom stereocenters. The Bertz CT molecular complexity index is 198. The number of hydrogen-bond acceptors (Lipinski definition) is 4. The summed E-state index contributed by atoms with van der Waals surface area (Å²) in [6, 6.07) is 0. The molecule has 0 aliphatic heterocycles. The normalized spacial score (nSPS) is 9.29. The van der Waals surface area contributed by atoms with Gasteiger partial charge in [-0.15, -0.1) is 0 Å². The van der Waals surface area contributed by atoms with Gasteiger partial charge in [-0.25, -0.2) is 0 Å². The molecule has 0 aromatic carbocycles. The summed E-state index contributed by atoms with van der Waals surface area (Å²) < 4.78 is 0. The van der Waals surface area contributed by atoms with Crippen molar-refractivity contribution < 1.29 is 101 Å².